The van der Waals surface area contributed by atoms with Crippen molar-refractivity contribution in [1.82, 2.24) is 5.32 Å². The van der Waals surface area contributed by atoms with Gasteiger partial charge in [0.1, 0.15) is 0 Å². The van der Waals surface area contributed by atoms with Gasteiger partial charge >= 0.3 is 5.97 Å². The molecule has 0 aromatic heterocycles. The first kappa shape index (κ1) is 15.7. The predicted molar refractivity (Wildman–Crippen MR) is 67.8 cm³/mol. The Morgan fingerprint density at radius 1 is 1.00 bits per heavy atom. The number of hydrogen-bond donors (Lipinski definition) is 2. The van der Waals surface area contributed by atoms with Gasteiger partial charge in [-0.2, -0.15) is 0 Å². The maximum absolute atomic E-state index is 11.2. The van der Waals surface area contributed by atoms with Crippen molar-refractivity contribution in [1.29, 1.82) is 0 Å². The molecule has 0 rings (SSSR count). The molecule has 1 amide bonds. The number of aliphatic carboxylic acids is 1. The van der Waals surface area contributed by atoms with Gasteiger partial charge in [0, 0.05) is 19.4 Å². The highest BCUT2D eigenvalue weighted by molar-refractivity contribution is 5.75. The van der Waals surface area contributed by atoms with E-state index in [1.807, 2.05) is 0 Å². The van der Waals surface area contributed by atoms with Crippen LogP contribution in [0.25, 0.3) is 0 Å². The molecule has 0 unspecified atom stereocenters. The standard InChI is InChI=1S/C13H23NO3/c1-2-11-14-12(15)9-7-5-3-4-6-8-10-13(16)17/h2H,1,3-11H2,(H,14,15)(H,16,17). The van der Waals surface area contributed by atoms with Crippen LogP contribution in [0.15, 0.2) is 12.7 Å². The number of carbonyl (C=O) groups excluding carboxylic acids is 1. The zero-order valence-electron chi connectivity index (χ0n) is 10.4. The maximum Gasteiger partial charge on any atom is 0.303 e. The lowest BCUT2D eigenvalue weighted by atomic mass is 10.1. The van der Waals surface area contributed by atoms with E-state index in [2.05, 4.69) is 11.9 Å². The monoisotopic (exact) mass is 241 g/mol. The van der Waals surface area contributed by atoms with Gasteiger partial charge in [-0.1, -0.05) is 31.8 Å². The molecule has 0 fully saturated rings. The zero-order valence-corrected chi connectivity index (χ0v) is 10.4. The highest BCUT2D eigenvalue weighted by Gasteiger charge is 1.99. The molecule has 0 saturated carbocycles. The molecule has 0 saturated heterocycles. The van der Waals surface area contributed by atoms with Gasteiger partial charge in [0.2, 0.25) is 5.91 Å². The second-order valence-electron chi connectivity index (χ2n) is 4.11. The van der Waals surface area contributed by atoms with Crippen LogP contribution in [0.1, 0.15) is 51.4 Å². The molecule has 0 aromatic rings. The van der Waals surface area contributed by atoms with Gasteiger partial charge in [0.25, 0.3) is 0 Å². The molecule has 4 heteroatoms. The summed E-state index contributed by atoms with van der Waals surface area (Å²) < 4.78 is 0. The Morgan fingerprint density at radius 2 is 1.53 bits per heavy atom. The van der Waals surface area contributed by atoms with Gasteiger partial charge in [-0.3, -0.25) is 9.59 Å². The van der Waals surface area contributed by atoms with E-state index >= 15 is 0 Å². The summed E-state index contributed by atoms with van der Waals surface area (Å²) in [4.78, 5) is 21.4. The number of amides is 1. The maximum atomic E-state index is 11.2. The van der Waals surface area contributed by atoms with Crippen LogP contribution in [0.3, 0.4) is 0 Å². The van der Waals surface area contributed by atoms with E-state index in [4.69, 9.17) is 5.11 Å². The Kier molecular flexibility index (Phi) is 10.3. The predicted octanol–water partition coefficient (Wildman–Crippen LogP) is 2.49. The van der Waals surface area contributed by atoms with Crippen molar-refractivity contribution in [3.8, 4) is 0 Å². The smallest absolute Gasteiger partial charge is 0.303 e. The highest BCUT2D eigenvalue weighted by atomic mass is 16.4. The summed E-state index contributed by atoms with van der Waals surface area (Å²) in [7, 11) is 0. The van der Waals surface area contributed by atoms with Crippen molar-refractivity contribution in [2.45, 2.75) is 51.4 Å². The summed E-state index contributed by atoms with van der Waals surface area (Å²) in [6.07, 6.45) is 8.31. The van der Waals surface area contributed by atoms with Crippen molar-refractivity contribution in [2.24, 2.45) is 0 Å². The van der Waals surface area contributed by atoms with Gasteiger partial charge in [-0.25, -0.2) is 0 Å². The summed E-state index contributed by atoms with van der Waals surface area (Å²) in [5, 5.41) is 11.2. The van der Waals surface area contributed by atoms with E-state index < -0.39 is 5.97 Å². The SMILES string of the molecule is C=CCNC(=O)CCCCCCCCC(=O)O. The fraction of sp³-hybridized carbons (Fsp3) is 0.692. The van der Waals surface area contributed by atoms with Crippen LogP contribution >= 0.6 is 0 Å². The van der Waals surface area contributed by atoms with E-state index in [-0.39, 0.29) is 12.3 Å². The van der Waals surface area contributed by atoms with Crippen molar-refractivity contribution >= 4 is 11.9 Å². The van der Waals surface area contributed by atoms with Gasteiger partial charge in [0.15, 0.2) is 0 Å². The van der Waals surface area contributed by atoms with Crippen LogP contribution in [0.2, 0.25) is 0 Å². The Labute approximate surface area is 103 Å². The van der Waals surface area contributed by atoms with E-state index in [1.54, 1.807) is 6.08 Å². The number of hydrogen-bond acceptors (Lipinski definition) is 2. The molecule has 0 aromatic carbocycles. The van der Waals surface area contributed by atoms with Crippen molar-refractivity contribution < 1.29 is 14.7 Å². The third-order valence-electron chi connectivity index (χ3n) is 2.49. The normalized spacial score (nSPS) is 9.88. The number of unbranched alkanes of at least 4 members (excludes halogenated alkanes) is 5. The fourth-order valence-electron chi connectivity index (χ4n) is 1.54. The Morgan fingerprint density at radius 3 is 2.06 bits per heavy atom. The minimum atomic E-state index is -0.719. The van der Waals surface area contributed by atoms with Crippen molar-refractivity contribution in [3.63, 3.8) is 0 Å². The second-order valence-corrected chi connectivity index (χ2v) is 4.11. The third kappa shape index (κ3) is 12.6. The summed E-state index contributed by atoms with van der Waals surface area (Å²) in [6.45, 7) is 4.06. The molecular weight excluding hydrogens is 218 g/mol. The van der Waals surface area contributed by atoms with E-state index in [0.29, 0.717) is 13.0 Å². The van der Waals surface area contributed by atoms with Gasteiger partial charge in [0.05, 0.1) is 0 Å². The average Bonchev–Trinajstić information content (AvgIpc) is 2.29. The number of carboxylic acid groups (broad SMARTS) is 1. The molecular formula is C13H23NO3. The molecule has 2 N–H and O–H groups in total. The summed E-state index contributed by atoms with van der Waals surface area (Å²) in [5.41, 5.74) is 0. The van der Waals surface area contributed by atoms with Crippen LogP contribution in [-0.2, 0) is 9.59 Å². The molecule has 0 aliphatic heterocycles. The van der Waals surface area contributed by atoms with Gasteiger partial charge in [-0.05, 0) is 12.8 Å². The first-order valence-electron chi connectivity index (χ1n) is 6.26. The Bertz CT molecular complexity index is 239. The van der Waals surface area contributed by atoms with Crippen molar-refractivity contribution in [3.05, 3.63) is 12.7 Å². The lowest BCUT2D eigenvalue weighted by Crippen LogP contribution is -2.22. The van der Waals surface area contributed by atoms with Crippen LogP contribution in [0, 0.1) is 0 Å². The lowest BCUT2D eigenvalue weighted by molar-refractivity contribution is -0.137. The molecule has 0 radical (unpaired) electrons. The minimum absolute atomic E-state index is 0.0794. The molecule has 4 nitrogen and oxygen atoms in total. The van der Waals surface area contributed by atoms with Gasteiger partial charge in [-0.15, -0.1) is 6.58 Å². The van der Waals surface area contributed by atoms with E-state index in [0.717, 1.165) is 38.5 Å². The number of carbonyl (C=O) groups is 2. The number of nitrogens with one attached hydrogen (secondary N) is 1. The highest BCUT2D eigenvalue weighted by Crippen LogP contribution is 2.08. The van der Waals surface area contributed by atoms with E-state index in [1.165, 1.54) is 0 Å². The zero-order chi connectivity index (χ0) is 12.9. The second kappa shape index (κ2) is 11.2. The molecule has 0 atom stereocenters. The van der Waals surface area contributed by atoms with Crippen molar-refractivity contribution in [2.75, 3.05) is 6.54 Å². The third-order valence-corrected chi connectivity index (χ3v) is 2.49. The minimum Gasteiger partial charge on any atom is -0.481 e. The summed E-state index contributed by atoms with van der Waals surface area (Å²) in [6, 6.07) is 0. The summed E-state index contributed by atoms with van der Waals surface area (Å²) >= 11 is 0. The number of carboxylic acids is 1. The molecule has 17 heavy (non-hydrogen) atoms. The molecule has 0 bridgehead atoms. The quantitative estimate of drug-likeness (QED) is 0.431. The fourth-order valence-corrected chi connectivity index (χ4v) is 1.54. The first-order chi connectivity index (χ1) is 8.16. The average molecular weight is 241 g/mol. The van der Waals surface area contributed by atoms with E-state index in [9.17, 15) is 9.59 Å². The number of rotatable bonds is 11. The topological polar surface area (TPSA) is 66.4 Å². The molecule has 0 aliphatic rings. The van der Waals surface area contributed by atoms with Crippen LogP contribution in [-0.4, -0.2) is 23.5 Å². The molecule has 0 heterocycles. The van der Waals surface area contributed by atoms with Gasteiger partial charge < -0.3 is 10.4 Å². The van der Waals surface area contributed by atoms with Crippen LogP contribution in [0.4, 0.5) is 0 Å². The van der Waals surface area contributed by atoms with Crippen LogP contribution < -0.4 is 5.32 Å². The first-order valence-corrected chi connectivity index (χ1v) is 6.26. The molecule has 98 valence electrons. The summed E-state index contributed by atoms with van der Waals surface area (Å²) in [5.74, 6) is -0.639. The molecule has 0 spiro atoms. The molecule has 0 aliphatic carbocycles. The Hall–Kier alpha value is -1.32. The lowest BCUT2D eigenvalue weighted by Gasteiger charge is -2.02. The van der Waals surface area contributed by atoms with Crippen LogP contribution in [0.5, 0.6) is 0 Å². The Balaban J connectivity index is 3.15. The largest absolute Gasteiger partial charge is 0.481 e.